The summed E-state index contributed by atoms with van der Waals surface area (Å²) in [4.78, 5) is 25.7. The van der Waals surface area contributed by atoms with Gasteiger partial charge in [-0.2, -0.15) is 5.10 Å². The molecule has 3 aromatic carbocycles. The van der Waals surface area contributed by atoms with Crippen molar-refractivity contribution in [1.29, 1.82) is 0 Å². The molecule has 1 aromatic heterocycles. The molecule has 7 heteroatoms. The Labute approximate surface area is 179 Å². The normalized spacial score (nSPS) is 11.8. The number of nitrogens with two attached hydrogens (primary N) is 1. The van der Waals surface area contributed by atoms with E-state index in [0.717, 1.165) is 5.56 Å². The minimum absolute atomic E-state index is 0.144. The summed E-state index contributed by atoms with van der Waals surface area (Å²) in [5, 5.41) is 13.4. The van der Waals surface area contributed by atoms with E-state index >= 15 is 0 Å². The highest BCUT2D eigenvalue weighted by Crippen LogP contribution is 2.25. The molecule has 1 heterocycles. The van der Waals surface area contributed by atoms with Crippen LogP contribution < -0.4 is 16.4 Å². The first-order valence-corrected chi connectivity index (χ1v) is 10.1. The molecule has 5 N–H and O–H groups in total. The van der Waals surface area contributed by atoms with Gasteiger partial charge in [0.05, 0.1) is 11.4 Å². The van der Waals surface area contributed by atoms with Crippen LogP contribution in [0.15, 0.2) is 78.9 Å². The lowest BCUT2D eigenvalue weighted by atomic mass is 9.94. The molecular weight excluding hydrogens is 390 g/mol. The molecule has 0 saturated carbocycles. The SMILES string of the molecule is NCCC(C(=O)Nc1ccc2[nH]nc(C(=O)Nc3ccccc3)c2c1)c1ccccc1. The van der Waals surface area contributed by atoms with Crippen LogP contribution in [-0.4, -0.2) is 28.6 Å². The molecule has 7 nitrogen and oxygen atoms in total. The molecule has 0 aliphatic rings. The topological polar surface area (TPSA) is 113 Å². The van der Waals surface area contributed by atoms with Gasteiger partial charge in [-0.15, -0.1) is 0 Å². The highest BCUT2D eigenvalue weighted by Gasteiger charge is 2.21. The van der Waals surface area contributed by atoms with Gasteiger partial charge in [-0.1, -0.05) is 48.5 Å². The summed E-state index contributed by atoms with van der Waals surface area (Å²) in [6.45, 7) is 0.400. The number of benzene rings is 3. The quantitative estimate of drug-likeness (QED) is 0.368. The van der Waals surface area contributed by atoms with E-state index < -0.39 is 0 Å². The lowest BCUT2D eigenvalue weighted by Crippen LogP contribution is -2.23. The van der Waals surface area contributed by atoms with Crippen LogP contribution in [0.5, 0.6) is 0 Å². The number of hydrogen-bond donors (Lipinski definition) is 4. The van der Waals surface area contributed by atoms with Gasteiger partial charge in [0.25, 0.3) is 5.91 Å². The number of anilines is 2. The Kier molecular flexibility index (Phi) is 6.05. The molecule has 2 amide bonds. The number of para-hydroxylation sites is 1. The fourth-order valence-corrected chi connectivity index (χ4v) is 3.51. The Morgan fingerprint density at radius 1 is 0.903 bits per heavy atom. The van der Waals surface area contributed by atoms with Crippen LogP contribution in [0.3, 0.4) is 0 Å². The van der Waals surface area contributed by atoms with Gasteiger partial charge < -0.3 is 16.4 Å². The predicted octanol–water partition coefficient (Wildman–Crippen LogP) is 3.89. The van der Waals surface area contributed by atoms with Crippen molar-refractivity contribution in [2.24, 2.45) is 5.73 Å². The minimum atomic E-state index is -0.355. The monoisotopic (exact) mass is 413 g/mol. The summed E-state index contributed by atoms with van der Waals surface area (Å²) in [6, 6.07) is 24.1. The lowest BCUT2D eigenvalue weighted by molar-refractivity contribution is -0.117. The smallest absolute Gasteiger partial charge is 0.276 e. The molecule has 0 aliphatic heterocycles. The molecule has 1 unspecified atom stereocenters. The van der Waals surface area contributed by atoms with Crippen LogP contribution in [0.1, 0.15) is 28.4 Å². The van der Waals surface area contributed by atoms with Crippen LogP contribution in [0, 0.1) is 0 Å². The number of aromatic nitrogens is 2. The van der Waals surface area contributed by atoms with Gasteiger partial charge in [0.15, 0.2) is 5.69 Å². The lowest BCUT2D eigenvalue weighted by Gasteiger charge is -2.16. The molecule has 156 valence electrons. The molecule has 0 radical (unpaired) electrons. The van der Waals surface area contributed by atoms with Crippen molar-refractivity contribution in [3.63, 3.8) is 0 Å². The van der Waals surface area contributed by atoms with Gasteiger partial charge in [-0.3, -0.25) is 14.7 Å². The van der Waals surface area contributed by atoms with E-state index in [-0.39, 0.29) is 23.4 Å². The van der Waals surface area contributed by atoms with E-state index in [2.05, 4.69) is 20.8 Å². The molecule has 1 atom stereocenters. The predicted molar refractivity (Wildman–Crippen MR) is 122 cm³/mol. The summed E-state index contributed by atoms with van der Waals surface area (Å²) in [6.07, 6.45) is 0.536. The molecule has 4 aromatic rings. The number of amides is 2. The molecule has 0 aliphatic carbocycles. The Morgan fingerprint density at radius 3 is 2.32 bits per heavy atom. The second-order valence-corrected chi connectivity index (χ2v) is 7.18. The number of carbonyl (C=O) groups excluding carboxylic acids is 2. The van der Waals surface area contributed by atoms with Gasteiger partial charge >= 0.3 is 0 Å². The number of fused-ring (bicyclic) bond motifs is 1. The third kappa shape index (κ3) is 4.62. The standard InChI is InChI=1S/C24H23N5O2/c25-14-13-19(16-7-3-1-4-8-16)23(30)27-18-11-12-21-20(15-18)22(29-28-21)24(31)26-17-9-5-2-6-10-17/h1-12,15,19H,13-14,25H2,(H,26,31)(H,27,30)(H,28,29). The van der Waals surface area contributed by atoms with E-state index in [1.165, 1.54) is 0 Å². The molecule has 31 heavy (non-hydrogen) atoms. The van der Waals surface area contributed by atoms with Crippen molar-refractivity contribution in [3.05, 3.63) is 90.1 Å². The molecule has 0 fully saturated rings. The van der Waals surface area contributed by atoms with E-state index in [1.54, 1.807) is 30.3 Å². The fourth-order valence-electron chi connectivity index (χ4n) is 3.51. The summed E-state index contributed by atoms with van der Waals surface area (Å²) in [7, 11) is 0. The van der Waals surface area contributed by atoms with Crippen molar-refractivity contribution in [2.75, 3.05) is 17.2 Å². The van der Waals surface area contributed by atoms with E-state index in [1.807, 2.05) is 48.5 Å². The Hall–Kier alpha value is -3.97. The number of rotatable bonds is 7. The second kappa shape index (κ2) is 9.23. The van der Waals surface area contributed by atoms with Gasteiger partial charge in [0.2, 0.25) is 5.91 Å². The van der Waals surface area contributed by atoms with Crippen LogP contribution in [0.2, 0.25) is 0 Å². The maximum atomic E-state index is 13.0. The first kappa shape index (κ1) is 20.3. The third-order valence-electron chi connectivity index (χ3n) is 5.05. The van der Waals surface area contributed by atoms with Crippen molar-refractivity contribution in [2.45, 2.75) is 12.3 Å². The number of carbonyl (C=O) groups is 2. The van der Waals surface area contributed by atoms with Crippen molar-refractivity contribution >= 4 is 34.1 Å². The highest BCUT2D eigenvalue weighted by molar-refractivity contribution is 6.12. The molecule has 4 rings (SSSR count). The van der Waals surface area contributed by atoms with Gasteiger partial charge in [0, 0.05) is 16.8 Å². The van der Waals surface area contributed by atoms with Crippen LogP contribution >= 0.6 is 0 Å². The highest BCUT2D eigenvalue weighted by atomic mass is 16.2. The van der Waals surface area contributed by atoms with Crippen LogP contribution in [0.25, 0.3) is 10.9 Å². The Balaban J connectivity index is 1.56. The molecular formula is C24H23N5O2. The summed E-state index contributed by atoms with van der Waals surface area (Å²) in [5.74, 6) is -0.826. The Bertz CT molecular complexity index is 1190. The summed E-state index contributed by atoms with van der Waals surface area (Å²) >= 11 is 0. The van der Waals surface area contributed by atoms with Gasteiger partial charge in [0.1, 0.15) is 0 Å². The minimum Gasteiger partial charge on any atom is -0.330 e. The zero-order valence-corrected chi connectivity index (χ0v) is 16.8. The third-order valence-corrected chi connectivity index (χ3v) is 5.05. The van der Waals surface area contributed by atoms with Gasteiger partial charge in [-0.05, 0) is 48.9 Å². The number of aromatic amines is 1. The summed E-state index contributed by atoms with van der Waals surface area (Å²) < 4.78 is 0. The van der Waals surface area contributed by atoms with E-state index in [0.29, 0.717) is 35.2 Å². The zero-order valence-electron chi connectivity index (χ0n) is 16.8. The van der Waals surface area contributed by atoms with E-state index in [4.69, 9.17) is 5.73 Å². The summed E-state index contributed by atoms with van der Waals surface area (Å²) in [5.41, 5.74) is 8.89. The van der Waals surface area contributed by atoms with Crippen LogP contribution in [0.4, 0.5) is 11.4 Å². The number of nitrogens with one attached hydrogen (secondary N) is 3. The van der Waals surface area contributed by atoms with Crippen molar-refractivity contribution < 1.29 is 9.59 Å². The Morgan fingerprint density at radius 2 is 1.61 bits per heavy atom. The van der Waals surface area contributed by atoms with Crippen LogP contribution in [-0.2, 0) is 4.79 Å². The molecule has 0 saturated heterocycles. The zero-order chi connectivity index (χ0) is 21.6. The maximum absolute atomic E-state index is 13.0. The first-order chi connectivity index (χ1) is 15.2. The van der Waals surface area contributed by atoms with Crippen molar-refractivity contribution in [3.8, 4) is 0 Å². The molecule has 0 spiro atoms. The fraction of sp³-hybridized carbons (Fsp3) is 0.125. The number of nitrogens with zero attached hydrogens (tertiary/aromatic N) is 1. The van der Waals surface area contributed by atoms with Crippen molar-refractivity contribution in [1.82, 2.24) is 10.2 Å². The largest absolute Gasteiger partial charge is 0.330 e. The first-order valence-electron chi connectivity index (χ1n) is 10.1. The second-order valence-electron chi connectivity index (χ2n) is 7.18. The van der Waals surface area contributed by atoms with Gasteiger partial charge in [-0.25, -0.2) is 0 Å². The maximum Gasteiger partial charge on any atom is 0.276 e. The molecule has 0 bridgehead atoms. The average molecular weight is 413 g/mol. The van der Waals surface area contributed by atoms with E-state index in [9.17, 15) is 9.59 Å². The average Bonchev–Trinajstić information content (AvgIpc) is 3.22. The number of hydrogen-bond acceptors (Lipinski definition) is 4. The number of H-pyrrole nitrogens is 1.